The highest BCUT2D eigenvalue weighted by molar-refractivity contribution is 6.73. The Morgan fingerprint density at radius 2 is 2.20 bits per heavy atom. The molecule has 2 rings (SSSR count). The molecule has 0 aliphatic heterocycles. The first-order valence-electron chi connectivity index (χ1n) is 4.94. The lowest BCUT2D eigenvalue weighted by Crippen LogP contribution is -2.08. The Labute approximate surface area is 89.6 Å². The monoisotopic (exact) mass is 196 g/mol. The first kappa shape index (κ1) is 9.90. The zero-order valence-electron chi connectivity index (χ0n) is 8.60. The summed E-state index contributed by atoms with van der Waals surface area (Å²) in [6.07, 6.45) is 4.07. The van der Waals surface area contributed by atoms with E-state index in [1.807, 2.05) is 30.5 Å². The average molecular weight is 196 g/mol. The Balaban J connectivity index is 2.34. The SMILES string of the molecule is C[B]C(=O)Cc1ccc2cnccc2c1. The van der Waals surface area contributed by atoms with E-state index < -0.39 is 0 Å². The van der Waals surface area contributed by atoms with E-state index in [1.54, 1.807) is 20.3 Å². The van der Waals surface area contributed by atoms with Gasteiger partial charge in [-0.05, 0) is 17.0 Å². The third-order valence-corrected chi connectivity index (χ3v) is 2.41. The molecule has 2 nitrogen and oxygen atoms in total. The van der Waals surface area contributed by atoms with Crippen molar-refractivity contribution in [3.05, 3.63) is 42.2 Å². The van der Waals surface area contributed by atoms with Crippen molar-refractivity contribution in [3.63, 3.8) is 0 Å². The molecule has 0 unspecified atom stereocenters. The smallest absolute Gasteiger partial charge is 0.199 e. The van der Waals surface area contributed by atoms with E-state index in [0.717, 1.165) is 16.3 Å². The zero-order valence-corrected chi connectivity index (χ0v) is 8.60. The van der Waals surface area contributed by atoms with Crippen LogP contribution in [0.5, 0.6) is 0 Å². The van der Waals surface area contributed by atoms with Crippen LogP contribution in [0.25, 0.3) is 10.8 Å². The van der Waals surface area contributed by atoms with Crippen LogP contribution in [-0.4, -0.2) is 17.9 Å². The molecule has 0 fully saturated rings. The molecule has 0 saturated carbocycles. The average Bonchev–Trinajstić information content (AvgIpc) is 2.29. The third kappa shape index (κ3) is 2.24. The van der Waals surface area contributed by atoms with Crippen LogP contribution < -0.4 is 0 Å². The van der Waals surface area contributed by atoms with E-state index in [9.17, 15) is 4.79 Å². The third-order valence-electron chi connectivity index (χ3n) is 2.41. The maximum atomic E-state index is 11.2. The van der Waals surface area contributed by atoms with Gasteiger partial charge in [0, 0.05) is 24.2 Å². The molecule has 1 radical (unpaired) electrons. The van der Waals surface area contributed by atoms with E-state index in [2.05, 4.69) is 4.98 Å². The predicted molar refractivity (Wildman–Crippen MR) is 62.1 cm³/mol. The van der Waals surface area contributed by atoms with E-state index in [4.69, 9.17) is 0 Å². The first-order chi connectivity index (χ1) is 7.29. The first-order valence-corrected chi connectivity index (χ1v) is 4.94. The second kappa shape index (κ2) is 4.26. The van der Waals surface area contributed by atoms with Crippen LogP contribution in [0.2, 0.25) is 6.82 Å². The van der Waals surface area contributed by atoms with Crippen molar-refractivity contribution in [2.24, 2.45) is 0 Å². The number of benzene rings is 1. The molecule has 0 amide bonds. The molecule has 0 N–H and O–H groups in total. The molecule has 1 aromatic heterocycles. The normalized spacial score (nSPS) is 10.2. The molecule has 0 aliphatic rings. The molecule has 1 aromatic carbocycles. The van der Waals surface area contributed by atoms with E-state index in [-0.39, 0.29) is 5.68 Å². The second-order valence-corrected chi connectivity index (χ2v) is 3.49. The predicted octanol–water partition coefficient (Wildman–Crippen LogP) is 2.06. The summed E-state index contributed by atoms with van der Waals surface area (Å²) in [6, 6.07) is 7.98. The molecule has 3 heteroatoms. The fourth-order valence-electron chi connectivity index (χ4n) is 1.55. The van der Waals surface area contributed by atoms with E-state index in [0.29, 0.717) is 6.42 Å². The zero-order chi connectivity index (χ0) is 10.7. The number of aromatic nitrogens is 1. The van der Waals surface area contributed by atoms with Crippen molar-refractivity contribution in [1.29, 1.82) is 0 Å². The van der Waals surface area contributed by atoms with Crippen molar-refractivity contribution >= 4 is 23.7 Å². The Morgan fingerprint density at radius 1 is 1.33 bits per heavy atom. The lowest BCUT2D eigenvalue weighted by Gasteiger charge is -2.01. The number of carbonyl (C=O) groups excluding carboxylic acids is 1. The van der Waals surface area contributed by atoms with E-state index >= 15 is 0 Å². The summed E-state index contributed by atoms with van der Waals surface area (Å²) in [4.78, 5) is 15.3. The van der Waals surface area contributed by atoms with Gasteiger partial charge in [-0.3, -0.25) is 4.98 Å². The lowest BCUT2D eigenvalue weighted by atomic mass is 9.74. The number of hydrogen-bond donors (Lipinski definition) is 0. The molecule has 73 valence electrons. The quantitative estimate of drug-likeness (QED) is 0.703. The molecule has 0 aliphatic carbocycles. The number of fused-ring (bicyclic) bond motifs is 1. The van der Waals surface area contributed by atoms with Crippen molar-refractivity contribution in [3.8, 4) is 0 Å². The van der Waals surface area contributed by atoms with Crippen molar-refractivity contribution < 1.29 is 4.79 Å². The van der Waals surface area contributed by atoms with E-state index in [1.165, 1.54) is 0 Å². The van der Waals surface area contributed by atoms with Crippen molar-refractivity contribution in [1.82, 2.24) is 4.98 Å². The van der Waals surface area contributed by atoms with Gasteiger partial charge in [0.05, 0.1) is 5.68 Å². The minimum Gasteiger partial charge on any atom is -0.312 e. The summed E-state index contributed by atoms with van der Waals surface area (Å²) in [5, 5.41) is 2.24. The van der Waals surface area contributed by atoms with Gasteiger partial charge in [-0.15, -0.1) is 0 Å². The summed E-state index contributed by atoms with van der Waals surface area (Å²) < 4.78 is 0. The Morgan fingerprint density at radius 3 is 3.00 bits per heavy atom. The van der Waals surface area contributed by atoms with Crippen LogP contribution in [0.15, 0.2) is 36.7 Å². The van der Waals surface area contributed by atoms with Crippen LogP contribution >= 0.6 is 0 Å². The molecule has 0 saturated heterocycles. The van der Waals surface area contributed by atoms with Crippen LogP contribution in [0.3, 0.4) is 0 Å². The number of rotatable bonds is 3. The van der Waals surface area contributed by atoms with Crippen LogP contribution in [0.4, 0.5) is 0 Å². The summed E-state index contributed by atoms with van der Waals surface area (Å²) in [5.41, 5.74) is 1.21. The minimum absolute atomic E-state index is 0.156. The fraction of sp³-hybridized carbons (Fsp3) is 0.167. The maximum Gasteiger partial charge on any atom is 0.199 e. The largest absolute Gasteiger partial charge is 0.312 e. The van der Waals surface area contributed by atoms with Crippen LogP contribution in [-0.2, 0) is 11.2 Å². The van der Waals surface area contributed by atoms with Gasteiger partial charge in [0.1, 0.15) is 0 Å². The topological polar surface area (TPSA) is 30.0 Å². The highest BCUT2D eigenvalue weighted by atomic mass is 16.1. The molecule has 0 spiro atoms. The molecule has 2 aromatic rings. The molecular formula is C12H11BNO. The highest BCUT2D eigenvalue weighted by Gasteiger charge is 2.02. The van der Waals surface area contributed by atoms with Gasteiger partial charge in [-0.2, -0.15) is 0 Å². The number of nitrogens with zero attached hydrogens (tertiary/aromatic N) is 1. The molecule has 0 bridgehead atoms. The maximum absolute atomic E-state index is 11.2. The summed E-state index contributed by atoms with van der Waals surface area (Å²) in [5.74, 6) is 0. The molecule has 0 atom stereocenters. The Bertz CT molecular complexity index is 496. The molecule has 1 heterocycles. The summed E-state index contributed by atoms with van der Waals surface area (Å²) in [7, 11) is 1.61. The number of pyridine rings is 1. The van der Waals surface area contributed by atoms with Gasteiger partial charge in [-0.25, -0.2) is 0 Å². The Kier molecular flexibility index (Phi) is 2.81. The standard InChI is InChI=1S/C12H11BNO/c1-13-12(15)7-9-2-3-11-8-14-5-4-10(11)6-9/h2-6,8H,7H2,1H3. The minimum atomic E-state index is 0.156. The van der Waals surface area contributed by atoms with Crippen LogP contribution in [0.1, 0.15) is 5.56 Å². The fourth-order valence-corrected chi connectivity index (χ4v) is 1.55. The van der Waals surface area contributed by atoms with Gasteiger partial charge >= 0.3 is 0 Å². The van der Waals surface area contributed by atoms with Gasteiger partial charge < -0.3 is 4.79 Å². The van der Waals surface area contributed by atoms with Gasteiger partial charge in [-0.1, -0.05) is 25.0 Å². The highest BCUT2D eigenvalue weighted by Crippen LogP contribution is 2.14. The van der Waals surface area contributed by atoms with Gasteiger partial charge in [0.25, 0.3) is 0 Å². The molecular weight excluding hydrogens is 185 g/mol. The number of carbonyl (C=O) groups is 1. The van der Waals surface area contributed by atoms with Crippen LogP contribution in [0, 0.1) is 0 Å². The van der Waals surface area contributed by atoms with Crippen molar-refractivity contribution in [2.45, 2.75) is 13.2 Å². The lowest BCUT2D eigenvalue weighted by molar-refractivity contribution is -0.111. The summed E-state index contributed by atoms with van der Waals surface area (Å²) in [6.45, 7) is 1.77. The summed E-state index contributed by atoms with van der Waals surface area (Å²) >= 11 is 0. The molecule has 15 heavy (non-hydrogen) atoms. The van der Waals surface area contributed by atoms with Gasteiger partial charge in [0.2, 0.25) is 0 Å². The van der Waals surface area contributed by atoms with Gasteiger partial charge in [0.15, 0.2) is 7.28 Å². The number of hydrogen-bond acceptors (Lipinski definition) is 2. The second-order valence-electron chi connectivity index (χ2n) is 3.49. The van der Waals surface area contributed by atoms with Crippen molar-refractivity contribution in [2.75, 3.05) is 0 Å². The Hall–Kier alpha value is -1.64.